The third-order valence-electron chi connectivity index (χ3n) is 3.69. The van der Waals surface area contributed by atoms with E-state index in [1.54, 1.807) is 7.11 Å². The Morgan fingerprint density at radius 3 is 2.76 bits per heavy atom. The zero-order valence-electron chi connectivity index (χ0n) is 10.4. The van der Waals surface area contributed by atoms with Crippen LogP contribution < -0.4 is 5.32 Å². The van der Waals surface area contributed by atoms with Crippen molar-refractivity contribution in [2.45, 2.75) is 37.3 Å². The van der Waals surface area contributed by atoms with Gasteiger partial charge in [-0.05, 0) is 25.0 Å². The van der Waals surface area contributed by atoms with E-state index in [0.29, 0.717) is 0 Å². The largest absolute Gasteiger partial charge is 0.394 e. The Bertz CT molecular complexity index is 341. The lowest BCUT2D eigenvalue weighted by molar-refractivity contribution is -0.00855. The van der Waals surface area contributed by atoms with Crippen molar-refractivity contribution in [3.63, 3.8) is 0 Å². The van der Waals surface area contributed by atoms with E-state index in [4.69, 9.17) is 4.74 Å². The highest BCUT2D eigenvalue weighted by molar-refractivity contribution is 5.46. The average molecular weight is 235 g/mol. The Morgan fingerprint density at radius 2 is 2.12 bits per heavy atom. The van der Waals surface area contributed by atoms with Crippen molar-refractivity contribution in [2.75, 3.05) is 19.0 Å². The first-order chi connectivity index (χ1) is 8.30. The monoisotopic (exact) mass is 235 g/mol. The molecule has 0 saturated heterocycles. The Kier molecular flexibility index (Phi) is 4.02. The van der Waals surface area contributed by atoms with Crippen LogP contribution >= 0.6 is 0 Å². The molecule has 2 N–H and O–H groups in total. The molecule has 1 fully saturated rings. The van der Waals surface area contributed by atoms with Crippen molar-refractivity contribution in [2.24, 2.45) is 0 Å². The van der Waals surface area contributed by atoms with Gasteiger partial charge in [-0.15, -0.1) is 0 Å². The lowest BCUT2D eigenvalue weighted by atomic mass is 9.79. The predicted molar refractivity (Wildman–Crippen MR) is 69.1 cm³/mol. The van der Waals surface area contributed by atoms with Crippen LogP contribution in [0, 0.1) is 0 Å². The van der Waals surface area contributed by atoms with Gasteiger partial charge in [0.1, 0.15) is 0 Å². The van der Waals surface area contributed by atoms with Gasteiger partial charge in [-0.3, -0.25) is 0 Å². The zero-order chi connectivity index (χ0) is 12.1. The lowest BCUT2D eigenvalue weighted by Gasteiger charge is -2.43. The van der Waals surface area contributed by atoms with E-state index in [1.807, 2.05) is 30.3 Å². The molecule has 94 valence electrons. The van der Waals surface area contributed by atoms with Crippen LogP contribution in [0.1, 0.15) is 25.7 Å². The van der Waals surface area contributed by atoms with Crippen molar-refractivity contribution < 1.29 is 9.84 Å². The Hall–Kier alpha value is -1.06. The van der Waals surface area contributed by atoms with Gasteiger partial charge in [0.15, 0.2) is 0 Å². The van der Waals surface area contributed by atoms with Gasteiger partial charge in [-0.2, -0.15) is 0 Å². The highest BCUT2D eigenvalue weighted by Crippen LogP contribution is 2.33. The summed E-state index contributed by atoms with van der Waals surface area (Å²) >= 11 is 0. The molecule has 1 saturated carbocycles. The highest BCUT2D eigenvalue weighted by atomic mass is 16.5. The van der Waals surface area contributed by atoms with E-state index in [9.17, 15) is 5.11 Å². The molecule has 2 atom stereocenters. The summed E-state index contributed by atoms with van der Waals surface area (Å²) in [5, 5.41) is 13.2. The fourth-order valence-electron chi connectivity index (χ4n) is 2.72. The van der Waals surface area contributed by atoms with E-state index in [-0.39, 0.29) is 18.2 Å². The topological polar surface area (TPSA) is 41.5 Å². The molecular weight excluding hydrogens is 214 g/mol. The number of anilines is 1. The van der Waals surface area contributed by atoms with Crippen LogP contribution in [0.2, 0.25) is 0 Å². The van der Waals surface area contributed by atoms with Crippen LogP contribution in [-0.2, 0) is 4.74 Å². The normalized spacial score (nSPS) is 28.9. The van der Waals surface area contributed by atoms with E-state index in [0.717, 1.165) is 24.9 Å². The maximum absolute atomic E-state index is 9.76. The summed E-state index contributed by atoms with van der Waals surface area (Å²) < 4.78 is 5.55. The number of hydrogen-bond acceptors (Lipinski definition) is 3. The van der Waals surface area contributed by atoms with Gasteiger partial charge in [0.2, 0.25) is 0 Å². The van der Waals surface area contributed by atoms with E-state index >= 15 is 0 Å². The third kappa shape index (κ3) is 2.61. The number of nitrogens with one attached hydrogen (secondary N) is 1. The molecule has 0 heterocycles. The molecule has 1 aromatic rings. The number of aliphatic hydroxyl groups is 1. The molecular formula is C14H21NO2. The number of aliphatic hydroxyl groups excluding tert-OH is 1. The number of para-hydroxylation sites is 1. The fraction of sp³-hybridized carbons (Fsp3) is 0.571. The number of rotatable bonds is 4. The van der Waals surface area contributed by atoms with E-state index in [1.165, 1.54) is 6.42 Å². The van der Waals surface area contributed by atoms with Crippen molar-refractivity contribution >= 4 is 5.69 Å². The molecule has 3 heteroatoms. The van der Waals surface area contributed by atoms with Crippen molar-refractivity contribution in [3.8, 4) is 0 Å². The van der Waals surface area contributed by atoms with Gasteiger partial charge < -0.3 is 15.2 Å². The maximum atomic E-state index is 9.76. The number of methoxy groups -OCH3 is 1. The molecule has 2 rings (SSSR count). The number of hydrogen-bond donors (Lipinski definition) is 2. The average Bonchev–Trinajstić information content (AvgIpc) is 2.40. The van der Waals surface area contributed by atoms with Crippen molar-refractivity contribution in [3.05, 3.63) is 30.3 Å². The first-order valence-corrected chi connectivity index (χ1v) is 6.27. The van der Waals surface area contributed by atoms with Crippen LogP contribution in [0.4, 0.5) is 5.69 Å². The summed E-state index contributed by atoms with van der Waals surface area (Å²) in [5.74, 6) is 0. The summed E-state index contributed by atoms with van der Waals surface area (Å²) in [6.45, 7) is 0.112. The molecule has 17 heavy (non-hydrogen) atoms. The Balaban J connectivity index is 2.17. The summed E-state index contributed by atoms with van der Waals surface area (Å²) in [6, 6.07) is 10.0. The van der Waals surface area contributed by atoms with Gasteiger partial charge in [-0.25, -0.2) is 0 Å². The molecule has 1 aromatic carbocycles. The molecule has 0 bridgehead atoms. The van der Waals surface area contributed by atoms with Crippen molar-refractivity contribution in [1.82, 2.24) is 0 Å². The van der Waals surface area contributed by atoms with Crippen LogP contribution in [0.25, 0.3) is 0 Å². The molecule has 0 aliphatic heterocycles. The SMILES string of the molecule is COC1CCCCC1(CO)Nc1ccccc1. The first-order valence-electron chi connectivity index (χ1n) is 6.27. The second-order valence-corrected chi connectivity index (χ2v) is 4.78. The lowest BCUT2D eigenvalue weighted by Crippen LogP contribution is -2.55. The molecule has 1 aliphatic carbocycles. The molecule has 0 spiro atoms. The molecule has 0 radical (unpaired) electrons. The van der Waals surface area contributed by atoms with Crippen LogP contribution in [-0.4, -0.2) is 30.5 Å². The van der Waals surface area contributed by atoms with Crippen LogP contribution in [0.5, 0.6) is 0 Å². The van der Waals surface area contributed by atoms with Gasteiger partial charge in [0.05, 0.1) is 18.2 Å². The number of ether oxygens (including phenoxy) is 1. The zero-order valence-corrected chi connectivity index (χ0v) is 10.4. The summed E-state index contributed by atoms with van der Waals surface area (Å²) in [7, 11) is 1.73. The highest BCUT2D eigenvalue weighted by Gasteiger charge is 2.40. The minimum Gasteiger partial charge on any atom is -0.394 e. The van der Waals surface area contributed by atoms with Crippen LogP contribution in [0.3, 0.4) is 0 Å². The van der Waals surface area contributed by atoms with E-state index < -0.39 is 0 Å². The van der Waals surface area contributed by atoms with Crippen molar-refractivity contribution in [1.29, 1.82) is 0 Å². The standard InChI is InChI=1S/C14H21NO2/c1-17-13-9-5-6-10-14(13,11-16)15-12-7-3-2-4-8-12/h2-4,7-8,13,15-16H,5-6,9-11H2,1H3. The minimum absolute atomic E-state index is 0.0847. The second kappa shape index (κ2) is 5.52. The maximum Gasteiger partial charge on any atom is 0.0865 e. The molecule has 1 aliphatic rings. The fourth-order valence-corrected chi connectivity index (χ4v) is 2.72. The third-order valence-corrected chi connectivity index (χ3v) is 3.69. The van der Waals surface area contributed by atoms with Gasteiger partial charge in [0.25, 0.3) is 0 Å². The van der Waals surface area contributed by atoms with Gasteiger partial charge in [-0.1, -0.05) is 31.0 Å². The molecule has 2 unspecified atom stereocenters. The number of benzene rings is 1. The summed E-state index contributed by atoms with van der Waals surface area (Å²) in [6.07, 6.45) is 4.37. The predicted octanol–water partition coefficient (Wildman–Crippen LogP) is 2.42. The molecule has 3 nitrogen and oxygen atoms in total. The van der Waals surface area contributed by atoms with Gasteiger partial charge >= 0.3 is 0 Å². The second-order valence-electron chi connectivity index (χ2n) is 4.78. The summed E-state index contributed by atoms with van der Waals surface area (Å²) in [4.78, 5) is 0. The molecule has 0 aromatic heterocycles. The van der Waals surface area contributed by atoms with Crippen LogP contribution in [0.15, 0.2) is 30.3 Å². The quantitative estimate of drug-likeness (QED) is 0.842. The first kappa shape index (κ1) is 12.4. The van der Waals surface area contributed by atoms with Gasteiger partial charge in [0, 0.05) is 12.8 Å². The summed E-state index contributed by atoms with van der Waals surface area (Å²) in [5.41, 5.74) is 0.722. The molecule has 0 amide bonds. The van der Waals surface area contributed by atoms with E-state index in [2.05, 4.69) is 5.32 Å². The smallest absolute Gasteiger partial charge is 0.0865 e. The minimum atomic E-state index is -0.325. The Morgan fingerprint density at radius 1 is 1.35 bits per heavy atom. The Labute approximate surface area is 103 Å².